The van der Waals surface area contributed by atoms with Crippen LogP contribution in [0.3, 0.4) is 0 Å². The van der Waals surface area contributed by atoms with E-state index in [-0.39, 0.29) is 18.4 Å². The van der Waals surface area contributed by atoms with Gasteiger partial charge in [-0.2, -0.15) is 0 Å². The third-order valence-corrected chi connectivity index (χ3v) is 4.69. The molecule has 2 aromatic carbocycles. The Morgan fingerprint density at radius 3 is 2.41 bits per heavy atom. The second-order valence-electron chi connectivity index (χ2n) is 7.18. The Hall–Kier alpha value is -3.02. The lowest BCUT2D eigenvalue weighted by Crippen LogP contribution is -2.32. The minimum absolute atomic E-state index is 0.0821. The first-order valence-corrected chi connectivity index (χ1v) is 9.85. The van der Waals surface area contributed by atoms with E-state index < -0.39 is 6.10 Å². The van der Waals surface area contributed by atoms with Gasteiger partial charge >= 0.3 is 0 Å². The van der Waals surface area contributed by atoms with Crippen molar-refractivity contribution in [2.45, 2.75) is 31.9 Å². The summed E-state index contributed by atoms with van der Waals surface area (Å²) in [4.78, 5) is 16.3. The Kier molecular flexibility index (Phi) is 7.50. The van der Waals surface area contributed by atoms with E-state index in [2.05, 4.69) is 22.5 Å². The van der Waals surface area contributed by atoms with Crippen molar-refractivity contribution < 1.29 is 9.90 Å². The van der Waals surface area contributed by atoms with Crippen LogP contribution in [0.5, 0.6) is 0 Å². The van der Waals surface area contributed by atoms with Crippen molar-refractivity contribution >= 4 is 11.6 Å². The molecule has 29 heavy (non-hydrogen) atoms. The van der Waals surface area contributed by atoms with Crippen molar-refractivity contribution in [2.75, 3.05) is 11.9 Å². The van der Waals surface area contributed by atoms with Gasteiger partial charge in [-0.05, 0) is 48.7 Å². The molecule has 0 fully saturated rings. The molecule has 0 spiro atoms. The Labute approximate surface area is 171 Å². The monoisotopic (exact) mass is 389 g/mol. The highest BCUT2D eigenvalue weighted by Crippen LogP contribution is 2.14. The number of pyridine rings is 1. The van der Waals surface area contributed by atoms with Crippen molar-refractivity contribution in [3.63, 3.8) is 0 Å². The number of hydrogen-bond donors (Lipinski definition) is 3. The summed E-state index contributed by atoms with van der Waals surface area (Å²) in [6.07, 6.45) is 2.26. The lowest BCUT2D eigenvalue weighted by Gasteiger charge is -2.18. The van der Waals surface area contributed by atoms with Gasteiger partial charge in [0.2, 0.25) is 5.91 Å². The van der Waals surface area contributed by atoms with Crippen LogP contribution in [0.15, 0.2) is 79.0 Å². The topological polar surface area (TPSA) is 74.2 Å². The fourth-order valence-corrected chi connectivity index (χ4v) is 3.13. The highest BCUT2D eigenvalue weighted by molar-refractivity contribution is 5.91. The molecule has 3 rings (SSSR count). The summed E-state index contributed by atoms with van der Waals surface area (Å²) in [5.41, 5.74) is 3.61. The van der Waals surface area contributed by atoms with E-state index >= 15 is 0 Å². The fourth-order valence-electron chi connectivity index (χ4n) is 3.13. The number of benzene rings is 2. The average molecular weight is 389 g/mol. The second-order valence-corrected chi connectivity index (χ2v) is 7.18. The van der Waals surface area contributed by atoms with E-state index in [1.54, 1.807) is 6.20 Å². The summed E-state index contributed by atoms with van der Waals surface area (Å²) in [6.45, 7) is 2.60. The van der Waals surface area contributed by atoms with Crippen molar-refractivity contribution in [3.05, 3.63) is 95.8 Å². The van der Waals surface area contributed by atoms with Crippen molar-refractivity contribution in [2.24, 2.45) is 0 Å². The molecule has 5 nitrogen and oxygen atoms in total. The maximum absolute atomic E-state index is 12.1. The maximum atomic E-state index is 12.1. The summed E-state index contributed by atoms with van der Waals surface area (Å²) in [5.74, 6) is -0.0821. The van der Waals surface area contributed by atoms with Gasteiger partial charge in [0.1, 0.15) is 0 Å². The molecule has 0 bridgehead atoms. The normalized spacial score (nSPS) is 12.9. The predicted octanol–water partition coefficient (Wildman–Crippen LogP) is 3.52. The third-order valence-electron chi connectivity index (χ3n) is 4.69. The number of amides is 1. The molecule has 1 amide bonds. The minimum atomic E-state index is -0.518. The van der Waals surface area contributed by atoms with E-state index in [9.17, 15) is 9.90 Å². The standard InChI is InChI=1S/C24H27N3O2/c1-18(26-17-23(28)20-7-3-2-4-8-20)15-19-10-12-21(13-11-19)27-24(29)16-22-9-5-6-14-25-22/h2-14,18,23,26,28H,15-17H2,1H3,(H,27,29). The predicted molar refractivity (Wildman–Crippen MR) is 116 cm³/mol. The lowest BCUT2D eigenvalue weighted by molar-refractivity contribution is -0.115. The number of hydrogen-bond acceptors (Lipinski definition) is 4. The van der Waals surface area contributed by atoms with Gasteiger partial charge in [0.05, 0.1) is 12.5 Å². The van der Waals surface area contributed by atoms with Gasteiger partial charge in [0.15, 0.2) is 0 Å². The summed E-state index contributed by atoms with van der Waals surface area (Å²) < 4.78 is 0. The quantitative estimate of drug-likeness (QED) is 0.524. The summed E-state index contributed by atoms with van der Waals surface area (Å²) in [6, 6.07) is 23.3. The van der Waals surface area contributed by atoms with E-state index in [0.29, 0.717) is 6.54 Å². The summed E-state index contributed by atoms with van der Waals surface area (Å²) in [5, 5.41) is 16.5. The zero-order valence-corrected chi connectivity index (χ0v) is 16.6. The van der Waals surface area contributed by atoms with Crippen LogP contribution in [0.1, 0.15) is 29.8 Å². The molecule has 5 heteroatoms. The molecular formula is C24H27N3O2. The zero-order chi connectivity index (χ0) is 20.5. The molecule has 150 valence electrons. The van der Waals surface area contributed by atoms with Gasteiger partial charge in [-0.1, -0.05) is 48.5 Å². The number of carbonyl (C=O) groups is 1. The Morgan fingerprint density at radius 2 is 1.72 bits per heavy atom. The van der Waals surface area contributed by atoms with Gasteiger partial charge in [0.25, 0.3) is 0 Å². The third kappa shape index (κ3) is 6.82. The van der Waals surface area contributed by atoms with Crippen LogP contribution in [-0.4, -0.2) is 28.6 Å². The average Bonchev–Trinajstić information content (AvgIpc) is 2.75. The van der Waals surface area contributed by atoms with Crippen LogP contribution in [0, 0.1) is 0 Å². The highest BCUT2D eigenvalue weighted by Gasteiger charge is 2.10. The number of aliphatic hydroxyl groups excluding tert-OH is 1. The number of nitrogens with zero attached hydrogens (tertiary/aromatic N) is 1. The Balaban J connectivity index is 1.44. The molecule has 2 unspecified atom stereocenters. The number of anilines is 1. The first kappa shape index (κ1) is 20.7. The largest absolute Gasteiger partial charge is 0.387 e. The first-order chi connectivity index (χ1) is 14.1. The van der Waals surface area contributed by atoms with Gasteiger partial charge in [-0.3, -0.25) is 9.78 Å². The van der Waals surface area contributed by atoms with Crippen LogP contribution in [0.4, 0.5) is 5.69 Å². The molecule has 1 heterocycles. The summed E-state index contributed by atoms with van der Waals surface area (Å²) in [7, 11) is 0. The molecule has 0 aliphatic carbocycles. The van der Waals surface area contributed by atoms with Crippen LogP contribution >= 0.6 is 0 Å². The van der Waals surface area contributed by atoms with Crippen LogP contribution in [0.25, 0.3) is 0 Å². The maximum Gasteiger partial charge on any atom is 0.230 e. The molecule has 0 radical (unpaired) electrons. The van der Waals surface area contributed by atoms with Crippen LogP contribution in [0.2, 0.25) is 0 Å². The van der Waals surface area contributed by atoms with Crippen molar-refractivity contribution in [1.29, 1.82) is 0 Å². The number of aromatic nitrogens is 1. The lowest BCUT2D eigenvalue weighted by atomic mass is 10.1. The number of nitrogens with one attached hydrogen (secondary N) is 2. The Bertz CT molecular complexity index is 883. The number of rotatable bonds is 9. The first-order valence-electron chi connectivity index (χ1n) is 9.85. The van der Waals surface area contributed by atoms with Gasteiger partial charge in [-0.25, -0.2) is 0 Å². The smallest absolute Gasteiger partial charge is 0.230 e. The van der Waals surface area contributed by atoms with E-state index in [1.165, 1.54) is 5.56 Å². The highest BCUT2D eigenvalue weighted by atomic mass is 16.3. The Morgan fingerprint density at radius 1 is 1.00 bits per heavy atom. The minimum Gasteiger partial charge on any atom is -0.387 e. The van der Waals surface area contributed by atoms with Crippen molar-refractivity contribution in [1.82, 2.24) is 10.3 Å². The molecular weight excluding hydrogens is 362 g/mol. The molecule has 3 aromatic rings. The molecule has 0 saturated carbocycles. The SMILES string of the molecule is CC(Cc1ccc(NC(=O)Cc2ccccn2)cc1)NCC(O)c1ccccc1. The van der Waals surface area contributed by atoms with E-state index in [4.69, 9.17) is 0 Å². The van der Waals surface area contributed by atoms with E-state index in [1.807, 2.05) is 72.8 Å². The van der Waals surface area contributed by atoms with Gasteiger partial charge in [0, 0.05) is 30.2 Å². The molecule has 3 N–H and O–H groups in total. The molecule has 1 aromatic heterocycles. The van der Waals surface area contributed by atoms with Crippen molar-refractivity contribution in [3.8, 4) is 0 Å². The number of carbonyl (C=O) groups excluding carboxylic acids is 1. The zero-order valence-electron chi connectivity index (χ0n) is 16.6. The van der Waals surface area contributed by atoms with Crippen LogP contribution in [-0.2, 0) is 17.6 Å². The fraction of sp³-hybridized carbons (Fsp3) is 0.250. The molecule has 2 atom stereocenters. The second kappa shape index (κ2) is 10.5. The summed E-state index contributed by atoms with van der Waals surface area (Å²) >= 11 is 0. The van der Waals surface area contributed by atoms with Gasteiger partial charge < -0.3 is 15.7 Å². The molecule has 0 saturated heterocycles. The molecule has 0 aliphatic rings. The van der Waals surface area contributed by atoms with Crippen LogP contribution < -0.4 is 10.6 Å². The molecule has 0 aliphatic heterocycles. The van der Waals surface area contributed by atoms with E-state index in [0.717, 1.165) is 23.4 Å². The van der Waals surface area contributed by atoms with Gasteiger partial charge in [-0.15, -0.1) is 0 Å². The number of aliphatic hydroxyl groups is 1.